The van der Waals surface area contributed by atoms with Crippen LogP contribution in [0.3, 0.4) is 0 Å². The molecular formula is C23H25BrN2O4. The van der Waals surface area contributed by atoms with Crippen molar-refractivity contribution in [2.45, 2.75) is 39.3 Å². The average molecular weight is 473 g/mol. The van der Waals surface area contributed by atoms with E-state index < -0.39 is 12.0 Å². The zero-order valence-corrected chi connectivity index (χ0v) is 18.6. The molecule has 3 aromatic rings. The Morgan fingerprint density at radius 2 is 1.87 bits per heavy atom. The van der Waals surface area contributed by atoms with Gasteiger partial charge in [0.15, 0.2) is 6.10 Å². The molecule has 0 aliphatic carbocycles. The first-order valence-corrected chi connectivity index (χ1v) is 10.7. The molecule has 0 fully saturated rings. The molecule has 0 aliphatic rings. The number of esters is 1. The maximum atomic E-state index is 12.1. The molecule has 2 N–H and O–H groups in total. The second kappa shape index (κ2) is 9.80. The molecule has 0 aliphatic heterocycles. The Kier molecular flexibility index (Phi) is 7.15. The van der Waals surface area contributed by atoms with Gasteiger partial charge in [-0.25, -0.2) is 4.79 Å². The number of fused-ring (bicyclic) bond motifs is 1. The molecule has 30 heavy (non-hydrogen) atoms. The highest BCUT2D eigenvalue weighted by Gasteiger charge is 2.22. The van der Waals surface area contributed by atoms with Gasteiger partial charge in [0, 0.05) is 23.0 Å². The molecule has 1 unspecified atom stereocenters. The minimum atomic E-state index is -0.683. The molecule has 3 rings (SSSR count). The van der Waals surface area contributed by atoms with Crippen LogP contribution in [0.5, 0.6) is 5.75 Å². The third-order valence-corrected chi connectivity index (χ3v) is 5.71. The molecule has 1 amide bonds. The summed E-state index contributed by atoms with van der Waals surface area (Å²) in [6.07, 6.45) is -0.0990. The molecule has 1 aromatic heterocycles. The van der Waals surface area contributed by atoms with E-state index in [1.54, 1.807) is 6.92 Å². The van der Waals surface area contributed by atoms with Crippen LogP contribution in [0.1, 0.15) is 31.4 Å². The van der Waals surface area contributed by atoms with Crippen LogP contribution in [0.4, 0.5) is 0 Å². The smallest absolute Gasteiger partial charge is 0.347 e. The van der Waals surface area contributed by atoms with Crippen molar-refractivity contribution in [2.75, 3.05) is 6.61 Å². The fourth-order valence-corrected chi connectivity index (χ4v) is 4.08. The molecule has 7 heteroatoms. The van der Waals surface area contributed by atoms with Crippen LogP contribution in [0.15, 0.2) is 53.1 Å². The quantitative estimate of drug-likeness (QED) is 0.473. The van der Waals surface area contributed by atoms with Gasteiger partial charge >= 0.3 is 5.97 Å². The van der Waals surface area contributed by atoms with Crippen LogP contribution in [0, 0.1) is 0 Å². The highest BCUT2D eigenvalue weighted by atomic mass is 79.9. The number of nitrogens with zero attached hydrogens (tertiary/aromatic N) is 1. The van der Waals surface area contributed by atoms with Crippen LogP contribution in [0.25, 0.3) is 10.9 Å². The summed E-state index contributed by atoms with van der Waals surface area (Å²) in [5, 5.41) is 0.854. The molecule has 2 aromatic carbocycles. The van der Waals surface area contributed by atoms with E-state index in [9.17, 15) is 9.59 Å². The third kappa shape index (κ3) is 4.84. The zero-order chi connectivity index (χ0) is 21.7. The van der Waals surface area contributed by atoms with Crippen molar-refractivity contribution < 1.29 is 19.1 Å². The minimum Gasteiger partial charge on any atom is -0.479 e. The predicted molar refractivity (Wildman–Crippen MR) is 119 cm³/mol. The van der Waals surface area contributed by atoms with E-state index >= 15 is 0 Å². The van der Waals surface area contributed by atoms with Crippen molar-refractivity contribution in [1.29, 1.82) is 0 Å². The Balaban J connectivity index is 2.02. The Morgan fingerprint density at radius 1 is 1.13 bits per heavy atom. The van der Waals surface area contributed by atoms with Gasteiger partial charge in [0.1, 0.15) is 5.75 Å². The number of hydrogen-bond acceptors (Lipinski definition) is 4. The Labute approximate surface area is 184 Å². The number of aromatic nitrogens is 1. The molecule has 6 nitrogen and oxygen atoms in total. The van der Waals surface area contributed by atoms with Crippen molar-refractivity contribution in [3.8, 4) is 5.75 Å². The van der Waals surface area contributed by atoms with Crippen molar-refractivity contribution >= 4 is 38.7 Å². The number of nitrogens with two attached hydrogens (primary N) is 1. The van der Waals surface area contributed by atoms with Crippen molar-refractivity contribution in [3.05, 3.63) is 64.3 Å². The molecule has 1 heterocycles. The topological polar surface area (TPSA) is 83.6 Å². The lowest BCUT2D eigenvalue weighted by atomic mass is 10.1. The summed E-state index contributed by atoms with van der Waals surface area (Å²) in [6, 6.07) is 15.7. The van der Waals surface area contributed by atoms with E-state index in [1.807, 2.05) is 43.3 Å². The molecule has 0 saturated heterocycles. The molecule has 0 saturated carbocycles. The largest absolute Gasteiger partial charge is 0.479 e. The fourth-order valence-electron chi connectivity index (χ4n) is 3.41. The lowest BCUT2D eigenvalue weighted by Gasteiger charge is -2.16. The number of primary amides is 1. The number of ether oxygens (including phenoxy) is 2. The van der Waals surface area contributed by atoms with E-state index in [-0.39, 0.29) is 12.4 Å². The number of hydrogen-bond donors (Lipinski definition) is 1. The number of rotatable bonds is 9. The first-order valence-electron chi connectivity index (χ1n) is 9.90. The van der Waals surface area contributed by atoms with Crippen molar-refractivity contribution in [2.24, 2.45) is 5.73 Å². The SMILES string of the molecule is CCOC(=O)C(CC)Oc1ccc2c(c1)c(CC(N)=O)c(Br)n2Cc1ccccc1. The maximum Gasteiger partial charge on any atom is 0.347 e. The monoisotopic (exact) mass is 472 g/mol. The molecule has 0 bridgehead atoms. The fraction of sp³-hybridized carbons (Fsp3) is 0.304. The zero-order valence-electron chi connectivity index (χ0n) is 17.1. The highest BCUT2D eigenvalue weighted by Crippen LogP contribution is 2.34. The second-order valence-electron chi connectivity index (χ2n) is 6.93. The van der Waals surface area contributed by atoms with Gasteiger partial charge in [-0.05, 0) is 53.0 Å². The summed E-state index contributed by atoms with van der Waals surface area (Å²) in [7, 11) is 0. The summed E-state index contributed by atoms with van der Waals surface area (Å²) in [5.41, 5.74) is 8.37. The normalized spacial score (nSPS) is 12.0. The van der Waals surface area contributed by atoms with Gasteiger partial charge in [0.2, 0.25) is 5.91 Å². The number of carbonyl (C=O) groups excluding carboxylic acids is 2. The van der Waals surface area contributed by atoms with E-state index in [4.69, 9.17) is 15.2 Å². The van der Waals surface area contributed by atoms with E-state index in [0.29, 0.717) is 25.3 Å². The standard InChI is InChI=1S/C23H25BrN2O4/c1-3-20(23(28)29-4-2)30-16-10-11-19-17(12-16)18(13-21(25)27)22(24)26(19)14-15-8-6-5-7-9-15/h5-12,20H,3-4,13-14H2,1-2H3,(H2,25,27). The van der Waals surface area contributed by atoms with Gasteiger partial charge in [0.25, 0.3) is 0 Å². The number of benzene rings is 2. The summed E-state index contributed by atoms with van der Waals surface area (Å²) in [4.78, 5) is 23.8. The van der Waals surface area contributed by atoms with Crippen molar-refractivity contribution in [3.63, 3.8) is 0 Å². The minimum absolute atomic E-state index is 0.0947. The van der Waals surface area contributed by atoms with Crippen LogP contribution >= 0.6 is 15.9 Å². The Hall–Kier alpha value is -2.80. The number of amides is 1. The van der Waals surface area contributed by atoms with Gasteiger partial charge in [-0.2, -0.15) is 0 Å². The Morgan fingerprint density at radius 3 is 2.50 bits per heavy atom. The van der Waals surface area contributed by atoms with E-state index in [0.717, 1.165) is 26.6 Å². The summed E-state index contributed by atoms with van der Waals surface area (Å²) in [5.74, 6) is -0.267. The average Bonchev–Trinajstić information content (AvgIpc) is 2.98. The van der Waals surface area contributed by atoms with Gasteiger partial charge in [0.05, 0.1) is 17.6 Å². The van der Waals surface area contributed by atoms with Crippen molar-refractivity contribution in [1.82, 2.24) is 4.57 Å². The number of carbonyl (C=O) groups is 2. The van der Waals surface area contributed by atoms with Crippen LogP contribution in [0.2, 0.25) is 0 Å². The summed E-state index contributed by atoms with van der Waals surface area (Å²) >= 11 is 3.65. The highest BCUT2D eigenvalue weighted by molar-refractivity contribution is 9.10. The van der Waals surface area contributed by atoms with Gasteiger partial charge < -0.3 is 19.8 Å². The molecule has 0 spiro atoms. The van der Waals surface area contributed by atoms with E-state index in [1.165, 1.54) is 0 Å². The first kappa shape index (κ1) is 21.9. The van der Waals surface area contributed by atoms with Gasteiger partial charge in [-0.3, -0.25) is 4.79 Å². The second-order valence-corrected chi connectivity index (χ2v) is 7.68. The third-order valence-electron chi connectivity index (χ3n) is 4.80. The van der Waals surface area contributed by atoms with Gasteiger partial charge in [-0.1, -0.05) is 37.3 Å². The van der Waals surface area contributed by atoms with E-state index in [2.05, 4.69) is 32.6 Å². The lowest BCUT2D eigenvalue weighted by molar-refractivity contribution is -0.151. The number of halogens is 1. The predicted octanol–water partition coefficient (Wildman–Crippen LogP) is 4.20. The van der Waals surface area contributed by atoms with Gasteiger partial charge in [-0.15, -0.1) is 0 Å². The summed E-state index contributed by atoms with van der Waals surface area (Å²) < 4.78 is 13.9. The summed E-state index contributed by atoms with van der Waals surface area (Å²) in [6.45, 7) is 4.57. The van der Waals surface area contributed by atoms with Crippen LogP contribution in [-0.4, -0.2) is 29.2 Å². The van der Waals surface area contributed by atoms with Crippen LogP contribution in [-0.2, 0) is 27.3 Å². The molecule has 158 valence electrons. The lowest BCUT2D eigenvalue weighted by Crippen LogP contribution is -2.28. The molecular weight excluding hydrogens is 448 g/mol. The Bertz CT molecular complexity index is 1050. The molecule has 1 atom stereocenters. The van der Waals surface area contributed by atoms with Crippen LogP contribution < -0.4 is 10.5 Å². The molecule has 0 radical (unpaired) electrons. The maximum absolute atomic E-state index is 12.1. The first-order chi connectivity index (χ1) is 14.4.